The van der Waals surface area contributed by atoms with E-state index < -0.39 is 40.8 Å². The summed E-state index contributed by atoms with van der Waals surface area (Å²) < 4.78 is 131. The number of nitriles is 1. The maximum Gasteiger partial charge on any atom is 0.417 e. The van der Waals surface area contributed by atoms with Crippen molar-refractivity contribution in [1.82, 2.24) is 14.1 Å². The van der Waals surface area contributed by atoms with Crippen LogP contribution in [-0.4, -0.2) is 14.1 Å². The molecule has 0 aliphatic rings. The number of fused-ring (bicyclic) bond motifs is 6. The van der Waals surface area contributed by atoms with Gasteiger partial charge in [-0.2, -0.15) is 44.8 Å². The number of rotatable bonds is 5. The van der Waals surface area contributed by atoms with Crippen LogP contribution < -0.4 is 0 Å². The van der Waals surface area contributed by atoms with Crippen molar-refractivity contribution >= 4 is 43.6 Å². The van der Waals surface area contributed by atoms with Crippen molar-refractivity contribution in [3.63, 3.8) is 0 Å². The minimum absolute atomic E-state index is 0.0329. The van der Waals surface area contributed by atoms with E-state index in [1.165, 1.54) is 18.2 Å². The van der Waals surface area contributed by atoms with Crippen LogP contribution in [0.3, 0.4) is 0 Å². The molecule has 0 bridgehead atoms. The lowest BCUT2D eigenvalue weighted by molar-refractivity contribution is -0.143. The first-order chi connectivity index (χ1) is 31.0. The Morgan fingerprint density at radius 1 is 0.477 bits per heavy atom. The van der Waals surface area contributed by atoms with Gasteiger partial charge < -0.3 is 9.13 Å². The molecule has 0 atom stereocenters. The number of aryl methyl sites for hydroxylation is 1. The van der Waals surface area contributed by atoms with Crippen LogP contribution in [0.5, 0.6) is 0 Å². The van der Waals surface area contributed by atoms with Crippen LogP contribution in [0.25, 0.3) is 88.5 Å². The molecule has 7 aromatic carbocycles. The number of hydrogen-bond acceptors (Lipinski definition) is 2. The van der Waals surface area contributed by atoms with Gasteiger partial charge >= 0.3 is 18.5 Å². The topological polar surface area (TPSA) is 46.5 Å². The summed E-state index contributed by atoms with van der Waals surface area (Å²) in [6.07, 6.45) is -13.1. The largest absolute Gasteiger partial charge is 0.417 e. The number of benzene rings is 7. The number of aromatic nitrogens is 3. The third-order valence-electron chi connectivity index (χ3n) is 11.8. The SMILES string of the molecule is Cc1ccc(-c2ccc3c(c2)c2ccccc2n3-c2cccc(C#N)c2-c2ncccc2-n2c3ccccc3c3cc(-c4ccc(C(F)(F)F)cc4C(F)(F)F)ccc32)c(C(F)(F)F)c1. The average Bonchev–Trinajstić information content (AvgIpc) is 3.79. The molecule has 0 aliphatic heterocycles. The molecule has 3 heterocycles. The number of para-hydroxylation sites is 2. The number of nitrogens with zero attached hydrogens (tertiary/aromatic N) is 4. The van der Waals surface area contributed by atoms with Gasteiger partial charge in [0.05, 0.1) is 67.5 Å². The molecule has 13 heteroatoms. The highest BCUT2D eigenvalue weighted by Gasteiger charge is 2.39. The Bertz CT molecular complexity index is 3600. The fourth-order valence-corrected chi connectivity index (χ4v) is 8.99. The number of halogens is 9. The molecule has 0 saturated carbocycles. The molecule has 3 aromatic heterocycles. The highest BCUT2D eigenvalue weighted by molar-refractivity contribution is 6.13. The molecule has 0 fully saturated rings. The van der Waals surface area contributed by atoms with E-state index >= 15 is 0 Å². The Kier molecular flexibility index (Phi) is 9.42. The maximum atomic E-state index is 14.4. The third kappa shape index (κ3) is 6.84. The molecule has 0 aliphatic carbocycles. The van der Waals surface area contributed by atoms with Gasteiger partial charge in [-0.25, -0.2) is 0 Å². The molecule has 10 rings (SSSR count). The Morgan fingerprint density at radius 2 is 1.00 bits per heavy atom. The Labute approximate surface area is 363 Å². The predicted octanol–water partition coefficient (Wildman–Crippen LogP) is 15.5. The van der Waals surface area contributed by atoms with Crippen LogP contribution in [0.15, 0.2) is 158 Å². The van der Waals surface area contributed by atoms with Crippen molar-refractivity contribution in [2.24, 2.45) is 0 Å². The molecular formula is C52H29F9N4. The Hall–Kier alpha value is -7.85. The lowest BCUT2D eigenvalue weighted by Crippen LogP contribution is -2.12. The zero-order chi connectivity index (χ0) is 45.6. The van der Waals surface area contributed by atoms with E-state index in [4.69, 9.17) is 4.98 Å². The number of alkyl halides is 9. The van der Waals surface area contributed by atoms with E-state index in [1.54, 1.807) is 85.9 Å². The van der Waals surface area contributed by atoms with Gasteiger partial charge in [0.15, 0.2) is 0 Å². The van der Waals surface area contributed by atoms with Gasteiger partial charge in [0.25, 0.3) is 0 Å². The second-order valence-corrected chi connectivity index (χ2v) is 15.7. The Morgan fingerprint density at radius 3 is 1.57 bits per heavy atom. The van der Waals surface area contributed by atoms with E-state index in [2.05, 4.69) is 6.07 Å². The molecule has 0 spiro atoms. The summed E-state index contributed by atoms with van der Waals surface area (Å²) >= 11 is 0. The second-order valence-electron chi connectivity index (χ2n) is 15.7. The summed E-state index contributed by atoms with van der Waals surface area (Å²) in [5.41, 5.74) is 1.54. The van der Waals surface area contributed by atoms with Gasteiger partial charge in [-0.1, -0.05) is 78.4 Å². The van der Waals surface area contributed by atoms with Crippen molar-refractivity contribution in [1.29, 1.82) is 5.26 Å². The van der Waals surface area contributed by atoms with Crippen molar-refractivity contribution in [3.8, 4) is 51.0 Å². The molecule has 4 nitrogen and oxygen atoms in total. The lowest BCUT2D eigenvalue weighted by atomic mass is 9.95. The highest BCUT2D eigenvalue weighted by atomic mass is 19.4. The van der Waals surface area contributed by atoms with Crippen LogP contribution in [0, 0.1) is 18.3 Å². The molecule has 320 valence electrons. The lowest BCUT2D eigenvalue weighted by Gasteiger charge is -2.19. The molecular weight excluding hydrogens is 852 g/mol. The van der Waals surface area contributed by atoms with Crippen molar-refractivity contribution in [3.05, 3.63) is 186 Å². The predicted molar refractivity (Wildman–Crippen MR) is 234 cm³/mol. The summed E-state index contributed by atoms with van der Waals surface area (Å²) in [7, 11) is 0. The van der Waals surface area contributed by atoms with Crippen LogP contribution in [0.1, 0.15) is 27.8 Å². The van der Waals surface area contributed by atoms with E-state index in [-0.39, 0.29) is 22.8 Å². The van der Waals surface area contributed by atoms with Crippen LogP contribution in [-0.2, 0) is 18.5 Å². The van der Waals surface area contributed by atoms with Gasteiger partial charge in [0.2, 0.25) is 0 Å². The summed E-state index contributed by atoms with van der Waals surface area (Å²) in [6, 6.07) is 41.2. The first-order valence-electron chi connectivity index (χ1n) is 20.1. The molecule has 0 amide bonds. The molecule has 0 unspecified atom stereocenters. The monoisotopic (exact) mass is 880 g/mol. The summed E-state index contributed by atoms with van der Waals surface area (Å²) in [5.74, 6) is 0. The summed E-state index contributed by atoms with van der Waals surface area (Å²) in [6.45, 7) is 1.61. The van der Waals surface area contributed by atoms with E-state index in [0.717, 1.165) is 17.5 Å². The molecule has 0 saturated heterocycles. The van der Waals surface area contributed by atoms with E-state index in [0.29, 0.717) is 78.1 Å². The zero-order valence-electron chi connectivity index (χ0n) is 33.7. The molecule has 0 N–H and O–H groups in total. The zero-order valence-corrected chi connectivity index (χ0v) is 33.7. The summed E-state index contributed by atoms with van der Waals surface area (Å²) in [4.78, 5) is 4.87. The highest BCUT2D eigenvalue weighted by Crippen LogP contribution is 2.46. The van der Waals surface area contributed by atoms with E-state index in [1.807, 2.05) is 45.5 Å². The minimum atomic E-state index is -5.09. The standard InChI is InChI=1S/C52H29F9N4/c1-29-15-19-34(40(24-29)51(56,57)58)30-16-21-44-38(25-30)36-9-2-4-11-42(36)64(44)46-13-6-8-32(28-62)48(46)49-47(14-7-23-63-49)65-43-12-5-3-10-37(43)39-26-31(17-22-45(39)65)35-20-18-33(50(53,54)55)27-41(35)52(59,60)61/h2-27H,1H3. The number of hydrogen-bond donors (Lipinski definition) is 0. The molecule has 65 heavy (non-hydrogen) atoms. The van der Waals surface area contributed by atoms with Gasteiger partial charge in [-0.3, -0.25) is 4.98 Å². The van der Waals surface area contributed by atoms with E-state index in [9.17, 15) is 44.8 Å². The minimum Gasteiger partial charge on any atom is -0.309 e. The average molecular weight is 881 g/mol. The van der Waals surface area contributed by atoms with Crippen LogP contribution in [0.4, 0.5) is 39.5 Å². The fourth-order valence-electron chi connectivity index (χ4n) is 8.99. The fraction of sp³-hybridized carbons (Fsp3) is 0.0769. The van der Waals surface area contributed by atoms with Crippen LogP contribution >= 0.6 is 0 Å². The first-order valence-corrected chi connectivity index (χ1v) is 20.1. The van der Waals surface area contributed by atoms with Gasteiger partial charge in [0.1, 0.15) is 0 Å². The third-order valence-corrected chi connectivity index (χ3v) is 11.8. The van der Waals surface area contributed by atoms with Crippen molar-refractivity contribution in [2.75, 3.05) is 0 Å². The normalized spacial score (nSPS) is 12.4. The van der Waals surface area contributed by atoms with Crippen molar-refractivity contribution in [2.45, 2.75) is 25.5 Å². The Balaban J connectivity index is 1.20. The smallest absolute Gasteiger partial charge is 0.309 e. The van der Waals surface area contributed by atoms with Crippen molar-refractivity contribution < 1.29 is 39.5 Å². The summed E-state index contributed by atoms with van der Waals surface area (Å²) in [5, 5.41) is 13.3. The first kappa shape index (κ1) is 41.2. The second kappa shape index (κ2) is 14.9. The van der Waals surface area contributed by atoms with Crippen LogP contribution in [0.2, 0.25) is 0 Å². The van der Waals surface area contributed by atoms with Gasteiger partial charge in [-0.05, 0) is 108 Å². The van der Waals surface area contributed by atoms with Gasteiger partial charge in [-0.15, -0.1) is 0 Å². The number of pyridine rings is 1. The maximum absolute atomic E-state index is 14.4. The quantitative estimate of drug-likeness (QED) is 0.162. The van der Waals surface area contributed by atoms with Gasteiger partial charge in [0, 0.05) is 33.3 Å². The molecule has 10 aromatic rings. The molecule has 0 radical (unpaired) electrons.